The maximum Gasteiger partial charge on any atom is 0.134 e. The van der Waals surface area contributed by atoms with Gasteiger partial charge in [-0.2, -0.15) is 0 Å². The Kier molecular flexibility index (Phi) is 5.12. The summed E-state index contributed by atoms with van der Waals surface area (Å²) < 4.78 is 5.39. The van der Waals surface area contributed by atoms with Crippen molar-refractivity contribution in [2.24, 2.45) is 0 Å². The van der Waals surface area contributed by atoms with Gasteiger partial charge in [0.15, 0.2) is 0 Å². The number of piperazine rings is 1. The zero-order valence-electron chi connectivity index (χ0n) is 12.7. The Labute approximate surface area is 136 Å². The first-order valence-electron chi connectivity index (χ1n) is 7.68. The van der Waals surface area contributed by atoms with Crippen LogP contribution in [0.15, 0.2) is 24.0 Å². The van der Waals surface area contributed by atoms with Gasteiger partial charge in [-0.15, -0.1) is 0 Å². The third-order valence-electron chi connectivity index (χ3n) is 4.06. The van der Waals surface area contributed by atoms with Gasteiger partial charge >= 0.3 is 0 Å². The second-order valence-corrected chi connectivity index (χ2v) is 6.15. The molecule has 120 valence electrons. The van der Waals surface area contributed by atoms with E-state index in [2.05, 4.69) is 37.3 Å². The largest absolute Gasteiger partial charge is 0.378 e. The highest BCUT2D eigenvalue weighted by Crippen LogP contribution is 2.20. The van der Waals surface area contributed by atoms with Crippen LogP contribution < -0.4 is 9.80 Å². The van der Waals surface area contributed by atoms with E-state index in [0.717, 1.165) is 70.7 Å². The summed E-state index contributed by atoms with van der Waals surface area (Å²) in [6.07, 6.45) is 1.66. The third-order valence-corrected chi connectivity index (χ3v) is 4.18. The highest BCUT2D eigenvalue weighted by molar-refractivity contribution is 6.29. The molecule has 0 N–H and O–H groups in total. The van der Waals surface area contributed by atoms with Gasteiger partial charge in [0.05, 0.1) is 13.2 Å². The molecule has 0 radical (unpaired) electrons. The molecule has 7 heteroatoms. The summed E-state index contributed by atoms with van der Waals surface area (Å²) in [5, 5.41) is 0.699. The maximum absolute atomic E-state index is 5.89. The Hall–Kier alpha value is -1.37. The van der Waals surface area contributed by atoms with Crippen molar-refractivity contribution >= 4 is 23.2 Å². The van der Waals surface area contributed by atoms with E-state index in [-0.39, 0.29) is 0 Å². The van der Waals surface area contributed by atoms with E-state index in [1.165, 1.54) is 0 Å². The number of hydrogen-bond donors (Lipinski definition) is 0. The SMILES string of the molecule is C=C(Cl)CN1CCN(c2cc(N3CCOCC3)ncn2)CC1. The Morgan fingerprint density at radius 3 is 2.23 bits per heavy atom. The monoisotopic (exact) mass is 323 g/mol. The molecule has 1 aromatic heterocycles. The number of ether oxygens (including phenoxy) is 1. The van der Waals surface area contributed by atoms with Crippen LogP contribution in [0.4, 0.5) is 11.6 Å². The lowest BCUT2D eigenvalue weighted by molar-refractivity contribution is 0.122. The zero-order chi connectivity index (χ0) is 15.4. The molecule has 0 aromatic carbocycles. The van der Waals surface area contributed by atoms with Crippen molar-refractivity contribution < 1.29 is 4.74 Å². The average molecular weight is 324 g/mol. The molecule has 0 spiro atoms. The lowest BCUT2D eigenvalue weighted by Gasteiger charge is -2.35. The lowest BCUT2D eigenvalue weighted by atomic mass is 10.3. The highest BCUT2D eigenvalue weighted by Gasteiger charge is 2.20. The molecule has 0 amide bonds. The second kappa shape index (κ2) is 7.26. The molecule has 0 bridgehead atoms. The molecule has 3 heterocycles. The minimum Gasteiger partial charge on any atom is -0.378 e. The van der Waals surface area contributed by atoms with E-state index in [9.17, 15) is 0 Å². The molecule has 3 rings (SSSR count). The number of halogens is 1. The third kappa shape index (κ3) is 3.88. The van der Waals surface area contributed by atoms with E-state index in [0.29, 0.717) is 5.03 Å². The summed E-state index contributed by atoms with van der Waals surface area (Å²) in [5.74, 6) is 1.99. The van der Waals surface area contributed by atoms with Crippen LogP contribution in [0.25, 0.3) is 0 Å². The summed E-state index contributed by atoms with van der Waals surface area (Å²) in [6.45, 7) is 11.7. The second-order valence-electron chi connectivity index (χ2n) is 5.61. The van der Waals surface area contributed by atoms with Crippen LogP contribution in [-0.2, 0) is 4.74 Å². The van der Waals surface area contributed by atoms with Gasteiger partial charge in [-0.05, 0) is 0 Å². The van der Waals surface area contributed by atoms with Crippen LogP contribution in [0.3, 0.4) is 0 Å². The quantitative estimate of drug-likeness (QED) is 0.829. The number of aromatic nitrogens is 2. The van der Waals surface area contributed by atoms with Gasteiger partial charge in [0, 0.05) is 56.9 Å². The number of rotatable bonds is 4. The minimum absolute atomic E-state index is 0.699. The number of hydrogen-bond acceptors (Lipinski definition) is 6. The summed E-state index contributed by atoms with van der Waals surface area (Å²) in [6, 6.07) is 2.08. The maximum atomic E-state index is 5.89. The van der Waals surface area contributed by atoms with E-state index >= 15 is 0 Å². The van der Waals surface area contributed by atoms with E-state index in [4.69, 9.17) is 16.3 Å². The molecular weight excluding hydrogens is 302 g/mol. The molecule has 0 saturated carbocycles. The zero-order valence-corrected chi connectivity index (χ0v) is 13.5. The van der Waals surface area contributed by atoms with E-state index in [1.807, 2.05) is 0 Å². The fourth-order valence-corrected chi connectivity index (χ4v) is 3.02. The Morgan fingerprint density at radius 2 is 1.64 bits per heavy atom. The molecular formula is C15H22ClN5O. The van der Waals surface area contributed by atoms with Crippen LogP contribution in [0.2, 0.25) is 0 Å². The van der Waals surface area contributed by atoms with Crippen molar-refractivity contribution in [1.29, 1.82) is 0 Å². The fourth-order valence-electron chi connectivity index (χ4n) is 2.85. The number of morpholine rings is 1. The van der Waals surface area contributed by atoms with Gasteiger partial charge in [-0.1, -0.05) is 18.2 Å². The molecule has 0 atom stereocenters. The van der Waals surface area contributed by atoms with Crippen molar-refractivity contribution in [1.82, 2.24) is 14.9 Å². The molecule has 0 aliphatic carbocycles. The predicted molar refractivity (Wildman–Crippen MR) is 88.7 cm³/mol. The van der Waals surface area contributed by atoms with Crippen molar-refractivity contribution in [2.45, 2.75) is 0 Å². The number of anilines is 2. The average Bonchev–Trinajstić information content (AvgIpc) is 2.56. The Morgan fingerprint density at radius 1 is 1.05 bits per heavy atom. The van der Waals surface area contributed by atoms with Crippen LogP contribution in [0, 0.1) is 0 Å². The number of nitrogens with zero attached hydrogens (tertiary/aromatic N) is 5. The Bertz CT molecular complexity index is 512. The first-order chi connectivity index (χ1) is 10.7. The summed E-state index contributed by atoms with van der Waals surface area (Å²) in [4.78, 5) is 15.7. The van der Waals surface area contributed by atoms with Crippen LogP contribution in [0.5, 0.6) is 0 Å². The normalized spacial score (nSPS) is 20.2. The van der Waals surface area contributed by atoms with Gasteiger partial charge in [0.2, 0.25) is 0 Å². The summed E-state index contributed by atoms with van der Waals surface area (Å²) in [7, 11) is 0. The summed E-state index contributed by atoms with van der Waals surface area (Å²) in [5.41, 5.74) is 0. The molecule has 2 saturated heterocycles. The minimum atomic E-state index is 0.699. The van der Waals surface area contributed by atoms with E-state index < -0.39 is 0 Å². The molecule has 0 unspecified atom stereocenters. The first-order valence-corrected chi connectivity index (χ1v) is 8.05. The first kappa shape index (κ1) is 15.5. The van der Waals surface area contributed by atoms with E-state index in [1.54, 1.807) is 6.33 Å². The fraction of sp³-hybridized carbons (Fsp3) is 0.600. The molecule has 1 aromatic rings. The molecule has 2 fully saturated rings. The van der Waals surface area contributed by atoms with Gasteiger partial charge in [-0.3, -0.25) is 4.90 Å². The van der Waals surface area contributed by atoms with Crippen molar-refractivity contribution in [3.8, 4) is 0 Å². The molecule has 2 aliphatic rings. The lowest BCUT2D eigenvalue weighted by Crippen LogP contribution is -2.47. The summed E-state index contributed by atoms with van der Waals surface area (Å²) >= 11 is 5.89. The Balaban J connectivity index is 1.62. The van der Waals surface area contributed by atoms with Crippen molar-refractivity contribution in [3.05, 3.63) is 24.0 Å². The van der Waals surface area contributed by atoms with Gasteiger partial charge < -0.3 is 14.5 Å². The van der Waals surface area contributed by atoms with Crippen LogP contribution in [0.1, 0.15) is 0 Å². The predicted octanol–water partition coefficient (Wildman–Crippen LogP) is 1.19. The highest BCUT2D eigenvalue weighted by atomic mass is 35.5. The van der Waals surface area contributed by atoms with Crippen molar-refractivity contribution in [2.75, 3.05) is 68.8 Å². The van der Waals surface area contributed by atoms with Gasteiger partial charge in [0.25, 0.3) is 0 Å². The molecule has 6 nitrogen and oxygen atoms in total. The molecule has 2 aliphatic heterocycles. The van der Waals surface area contributed by atoms with Crippen LogP contribution in [-0.4, -0.2) is 73.9 Å². The topological polar surface area (TPSA) is 44.7 Å². The van der Waals surface area contributed by atoms with Crippen LogP contribution >= 0.6 is 11.6 Å². The van der Waals surface area contributed by atoms with Crippen molar-refractivity contribution in [3.63, 3.8) is 0 Å². The smallest absolute Gasteiger partial charge is 0.134 e. The van der Waals surface area contributed by atoms with Gasteiger partial charge in [-0.25, -0.2) is 9.97 Å². The van der Waals surface area contributed by atoms with Gasteiger partial charge in [0.1, 0.15) is 18.0 Å². The standard InChI is InChI=1S/C15H22ClN5O/c1-13(16)11-19-2-4-20(5-3-19)14-10-15(18-12-17-14)21-6-8-22-9-7-21/h10,12H,1-9,11H2. The molecule has 22 heavy (non-hydrogen) atoms.